The summed E-state index contributed by atoms with van der Waals surface area (Å²) < 4.78 is 0. The van der Waals surface area contributed by atoms with Crippen molar-refractivity contribution in [2.24, 2.45) is 0 Å². The van der Waals surface area contributed by atoms with Crippen LogP contribution in [-0.2, 0) is 20.1 Å². The van der Waals surface area contributed by atoms with Gasteiger partial charge in [-0.2, -0.15) is 0 Å². The number of fused-ring (bicyclic) bond motifs is 2. The van der Waals surface area contributed by atoms with Crippen molar-refractivity contribution < 1.29 is 20.1 Å². The number of hydrogen-bond acceptors (Lipinski definition) is 1. The van der Waals surface area contributed by atoms with Crippen LogP contribution in [0, 0.1) is 6.07 Å². The minimum absolute atomic E-state index is 0. The first kappa shape index (κ1) is 13.9. The molecule has 3 aromatic carbocycles. The molecule has 0 aliphatic heterocycles. The van der Waals surface area contributed by atoms with E-state index in [2.05, 4.69) is 65.6 Å². The molecule has 21 heavy (non-hydrogen) atoms. The molecule has 0 bridgehead atoms. The third-order valence-electron chi connectivity index (χ3n) is 3.61. The van der Waals surface area contributed by atoms with Crippen LogP contribution in [0.25, 0.3) is 32.8 Å². The molecular weight excluding hydrogens is 434 g/mol. The van der Waals surface area contributed by atoms with Gasteiger partial charge in [0.2, 0.25) is 0 Å². The predicted molar refractivity (Wildman–Crippen MR) is 83.5 cm³/mol. The fourth-order valence-corrected chi connectivity index (χ4v) is 2.59. The molecule has 0 aliphatic rings. The van der Waals surface area contributed by atoms with Crippen LogP contribution >= 0.6 is 0 Å². The molecule has 4 aromatic rings. The van der Waals surface area contributed by atoms with E-state index in [4.69, 9.17) is 0 Å². The zero-order valence-electron chi connectivity index (χ0n) is 11.2. The van der Waals surface area contributed by atoms with Crippen molar-refractivity contribution >= 4 is 21.5 Å². The average molecular weight is 447 g/mol. The van der Waals surface area contributed by atoms with Crippen LogP contribution in [0.2, 0.25) is 0 Å². The maximum Gasteiger partial charge on any atom is 0.0239 e. The monoisotopic (exact) mass is 447 g/mol. The first-order valence-corrected chi connectivity index (χ1v) is 6.66. The van der Waals surface area contributed by atoms with Crippen LogP contribution in [0.15, 0.2) is 72.9 Å². The fraction of sp³-hybridized carbons (Fsp3) is 0. The Morgan fingerprint density at radius 2 is 1.48 bits per heavy atom. The Morgan fingerprint density at radius 3 is 2.33 bits per heavy atom. The van der Waals surface area contributed by atoms with Crippen LogP contribution in [0.4, 0.5) is 0 Å². The molecule has 103 valence electrons. The molecule has 4 rings (SSSR count). The summed E-state index contributed by atoms with van der Waals surface area (Å²) in [5.74, 6) is 0. The third-order valence-corrected chi connectivity index (χ3v) is 3.61. The minimum atomic E-state index is 0. The number of pyridine rings is 1. The summed E-state index contributed by atoms with van der Waals surface area (Å²) in [6, 6.07) is 26.2. The van der Waals surface area contributed by atoms with Crippen molar-refractivity contribution in [3.05, 3.63) is 79.0 Å². The first-order chi connectivity index (χ1) is 9.92. The maximum absolute atomic E-state index is 4.60. The first-order valence-electron chi connectivity index (χ1n) is 6.66. The quantitative estimate of drug-likeness (QED) is 0.381. The topological polar surface area (TPSA) is 12.9 Å². The molecule has 0 spiro atoms. The van der Waals surface area contributed by atoms with Crippen LogP contribution in [0.1, 0.15) is 0 Å². The second-order valence-corrected chi connectivity index (χ2v) is 4.86. The molecule has 2 heteroatoms. The summed E-state index contributed by atoms with van der Waals surface area (Å²) in [6.45, 7) is 0. The summed E-state index contributed by atoms with van der Waals surface area (Å²) in [7, 11) is 0. The van der Waals surface area contributed by atoms with Gasteiger partial charge in [0.15, 0.2) is 0 Å². The number of aromatic nitrogens is 1. The zero-order valence-corrected chi connectivity index (χ0v) is 13.6. The van der Waals surface area contributed by atoms with Gasteiger partial charge in [-0.1, -0.05) is 60.0 Å². The molecule has 0 aliphatic carbocycles. The van der Waals surface area contributed by atoms with Crippen molar-refractivity contribution in [3.8, 4) is 11.3 Å². The Morgan fingerprint density at radius 1 is 0.762 bits per heavy atom. The zero-order chi connectivity index (χ0) is 13.4. The van der Waals surface area contributed by atoms with E-state index >= 15 is 0 Å². The van der Waals surface area contributed by atoms with Crippen LogP contribution < -0.4 is 0 Å². The van der Waals surface area contributed by atoms with Crippen LogP contribution in [0.5, 0.6) is 0 Å². The molecule has 1 radical (unpaired) electrons. The molecule has 1 aromatic heterocycles. The van der Waals surface area contributed by atoms with Gasteiger partial charge in [0.1, 0.15) is 0 Å². The minimum Gasteiger partial charge on any atom is -0.304 e. The number of rotatable bonds is 1. The Labute approximate surface area is 137 Å². The SMILES string of the molecule is [Ir].[c-]1ccc2ccccc2c1-c1cc2ccccc2cn1. The Hall–Kier alpha value is -2.02. The Balaban J connectivity index is 0.00000132. The maximum atomic E-state index is 4.60. The normalized spacial score (nSPS) is 10.5. The molecule has 0 saturated heterocycles. The van der Waals surface area contributed by atoms with Gasteiger partial charge in [-0.3, -0.25) is 0 Å². The molecular formula is C19H12IrN-. The van der Waals surface area contributed by atoms with E-state index in [1.165, 1.54) is 16.2 Å². The molecule has 0 fully saturated rings. The molecule has 0 unspecified atom stereocenters. The van der Waals surface area contributed by atoms with Gasteiger partial charge in [0.25, 0.3) is 0 Å². The van der Waals surface area contributed by atoms with Crippen molar-refractivity contribution in [2.75, 3.05) is 0 Å². The summed E-state index contributed by atoms with van der Waals surface area (Å²) >= 11 is 0. The third kappa shape index (κ3) is 2.49. The van der Waals surface area contributed by atoms with E-state index in [1.807, 2.05) is 18.3 Å². The van der Waals surface area contributed by atoms with Gasteiger partial charge in [0.05, 0.1) is 0 Å². The van der Waals surface area contributed by atoms with Crippen LogP contribution in [0.3, 0.4) is 0 Å². The molecule has 0 N–H and O–H groups in total. The van der Waals surface area contributed by atoms with Gasteiger partial charge >= 0.3 is 0 Å². The van der Waals surface area contributed by atoms with Gasteiger partial charge in [-0.15, -0.1) is 29.1 Å². The van der Waals surface area contributed by atoms with Crippen LogP contribution in [-0.4, -0.2) is 4.98 Å². The molecule has 1 nitrogen and oxygen atoms in total. The van der Waals surface area contributed by atoms with Crippen molar-refractivity contribution in [3.63, 3.8) is 0 Å². The standard InChI is InChI=1S/C19H12N.Ir/c1-2-8-16-13-20-19(12-15(16)7-1)18-11-5-9-14-6-3-4-10-17(14)18;/h1-10,12-13H;/q-1;. The van der Waals surface area contributed by atoms with Crippen molar-refractivity contribution in [1.29, 1.82) is 0 Å². The second-order valence-electron chi connectivity index (χ2n) is 4.86. The van der Waals surface area contributed by atoms with Gasteiger partial charge in [-0.25, -0.2) is 0 Å². The largest absolute Gasteiger partial charge is 0.304 e. The smallest absolute Gasteiger partial charge is 0.0239 e. The van der Waals surface area contributed by atoms with Gasteiger partial charge < -0.3 is 4.98 Å². The molecule has 1 heterocycles. The summed E-state index contributed by atoms with van der Waals surface area (Å²) in [5, 5.41) is 4.78. The summed E-state index contributed by atoms with van der Waals surface area (Å²) in [4.78, 5) is 4.60. The number of nitrogens with zero attached hydrogens (tertiary/aromatic N) is 1. The summed E-state index contributed by atoms with van der Waals surface area (Å²) in [6.07, 6.45) is 1.93. The number of benzene rings is 3. The fourth-order valence-electron chi connectivity index (χ4n) is 2.59. The van der Waals surface area contributed by atoms with Crippen molar-refractivity contribution in [1.82, 2.24) is 4.98 Å². The molecule has 0 amide bonds. The summed E-state index contributed by atoms with van der Waals surface area (Å²) in [5.41, 5.74) is 2.04. The Kier molecular flexibility index (Phi) is 3.83. The van der Waals surface area contributed by atoms with E-state index in [0.29, 0.717) is 0 Å². The molecule has 0 saturated carbocycles. The van der Waals surface area contributed by atoms with E-state index in [0.717, 1.165) is 16.6 Å². The second kappa shape index (κ2) is 5.77. The van der Waals surface area contributed by atoms with Gasteiger partial charge in [0, 0.05) is 26.3 Å². The van der Waals surface area contributed by atoms with E-state index < -0.39 is 0 Å². The molecule has 0 atom stereocenters. The number of hydrogen-bond donors (Lipinski definition) is 0. The van der Waals surface area contributed by atoms with E-state index in [-0.39, 0.29) is 20.1 Å². The predicted octanol–water partition coefficient (Wildman–Crippen LogP) is 4.85. The van der Waals surface area contributed by atoms with Gasteiger partial charge in [-0.05, 0) is 16.5 Å². The van der Waals surface area contributed by atoms with E-state index in [9.17, 15) is 0 Å². The Bertz CT molecular complexity index is 910. The average Bonchev–Trinajstić information content (AvgIpc) is 2.54. The van der Waals surface area contributed by atoms with E-state index in [1.54, 1.807) is 0 Å². The van der Waals surface area contributed by atoms with Crippen molar-refractivity contribution in [2.45, 2.75) is 0 Å².